The van der Waals surface area contributed by atoms with E-state index in [0.717, 1.165) is 5.56 Å². The zero-order valence-corrected chi connectivity index (χ0v) is 14.2. The first kappa shape index (κ1) is 15.9. The van der Waals surface area contributed by atoms with Gasteiger partial charge in [-0.15, -0.1) is 0 Å². The largest absolute Gasteiger partial charge is 0.437 e. The van der Waals surface area contributed by atoms with Crippen LogP contribution in [0.4, 0.5) is 0 Å². The number of nitrogens with zero attached hydrogens (tertiary/aromatic N) is 1. The molecule has 1 aromatic carbocycles. The minimum absolute atomic E-state index is 0.403. The molecule has 20 heavy (non-hydrogen) atoms. The van der Waals surface area contributed by atoms with Crippen LogP contribution in [0.3, 0.4) is 0 Å². The van der Waals surface area contributed by atoms with Gasteiger partial charge in [0.2, 0.25) is 5.88 Å². The summed E-state index contributed by atoms with van der Waals surface area (Å²) in [4.78, 5) is 4.11. The van der Waals surface area contributed by atoms with Crippen molar-refractivity contribution in [2.75, 3.05) is 7.05 Å². The molecule has 2 rings (SSSR count). The molecule has 106 valence electrons. The van der Waals surface area contributed by atoms with Crippen LogP contribution in [0.25, 0.3) is 0 Å². The molecule has 0 aliphatic carbocycles. The van der Waals surface area contributed by atoms with Crippen molar-refractivity contribution in [3.63, 3.8) is 0 Å². The third-order valence-corrected chi connectivity index (χ3v) is 4.30. The van der Waals surface area contributed by atoms with Crippen LogP contribution in [-0.4, -0.2) is 12.0 Å². The fourth-order valence-corrected chi connectivity index (χ4v) is 2.54. The molecule has 0 unspecified atom stereocenters. The van der Waals surface area contributed by atoms with Gasteiger partial charge >= 0.3 is 0 Å². The predicted molar refractivity (Wildman–Crippen MR) is 86.2 cm³/mol. The molecule has 0 aliphatic heterocycles. The summed E-state index contributed by atoms with van der Waals surface area (Å²) in [5.41, 5.74) is 0.887. The Morgan fingerprint density at radius 1 is 1.15 bits per heavy atom. The number of hydrogen-bond acceptors (Lipinski definition) is 3. The Morgan fingerprint density at radius 3 is 2.60 bits per heavy atom. The Labute approximate surface area is 140 Å². The summed E-state index contributed by atoms with van der Waals surface area (Å²) in [7, 11) is 1.84. The quantitative estimate of drug-likeness (QED) is 0.711. The first-order chi connectivity index (χ1) is 9.51. The molecule has 0 saturated carbocycles. The van der Waals surface area contributed by atoms with E-state index in [0.29, 0.717) is 37.7 Å². The highest BCUT2D eigenvalue weighted by Gasteiger charge is 2.10. The molecule has 1 N–H and O–H groups in total. The van der Waals surface area contributed by atoms with E-state index < -0.39 is 0 Å². The molecule has 3 nitrogen and oxygen atoms in total. The van der Waals surface area contributed by atoms with Crippen molar-refractivity contribution in [3.05, 3.63) is 49.5 Å². The summed E-state index contributed by atoms with van der Waals surface area (Å²) in [5, 5.41) is 4.54. The Bertz CT molecular complexity index is 637. The Hall–Kier alpha value is -0.520. The van der Waals surface area contributed by atoms with E-state index in [1.807, 2.05) is 7.05 Å². The van der Waals surface area contributed by atoms with Gasteiger partial charge in [0.05, 0.1) is 15.1 Å². The van der Waals surface area contributed by atoms with Crippen molar-refractivity contribution < 1.29 is 4.74 Å². The molecule has 0 aliphatic rings. The van der Waals surface area contributed by atoms with E-state index in [4.69, 9.17) is 39.5 Å². The van der Waals surface area contributed by atoms with Gasteiger partial charge in [-0.3, -0.25) is 0 Å². The summed E-state index contributed by atoms with van der Waals surface area (Å²) >= 11 is 21.5. The molecule has 1 heterocycles. The van der Waals surface area contributed by atoms with Crippen LogP contribution in [-0.2, 0) is 6.54 Å². The van der Waals surface area contributed by atoms with E-state index in [9.17, 15) is 0 Å². The molecule has 1 aromatic heterocycles. The van der Waals surface area contributed by atoms with Gasteiger partial charge in [0.15, 0.2) is 0 Å². The topological polar surface area (TPSA) is 34.1 Å². The van der Waals surface area contributed by atoms with Crippen LogP contribution >= 0.6 is 50.7 Å². The molecule has 0 bridgehead atoms. The maximum atomic E-state index is 6.10. The molecule has 0 fully saturated rings. The average molecular weight is 396 g/mol. The molecule has 0 radical (unpaired) electrons. The molecule has 0 saturated heterocycles. The Balaban J connectivity index is 2.30. The van der Waals surface area contributed by atoms with Crippen LogP contribution < -0.4 is 10.1 Å². The smallest absolute Gasteiger partial charge is 0.219 e. The molecule has 7 heteroatoms. The molecule has 0 spiro atoms. The van der Waals surface area contributed by atoms with Crippen molar-refractivity contribution in [2.24, 2.45) is 0 Å². The highest BCUT2D eigenvalue weighted by atomic mass is 79.9. The van der Waals surface area contributed by atoms with Gasteiger partial charge in [0.25, 0.3) is 0 Å². The van der Waals surface area contributed by atoms with E-state index >= 15 is 0 Å². The summed E-state index contributed by atoms with van der Waals surface area (Å²) < 4.78 is 6.36. The SMILES string of the molecule is CNCc1cc(Oc2cc(Cl)c(Br)cc2Cl)ncc1Cl. The molecular formula is C13H10BrCl3N2O. The van der Waals surface area contributed by atoms with Crippen LogP contribution in [0.2, 0.25) is 15.1 Å². The third kappa shape index (κ3) is 3.77. The summed E-state index contributed by atoms with van der Waals surface area (Å²) in [6.07, 6.45) is 1.54. The Morgan fingerprint density at radius 2 is 1.90 bits per heavy atom. The molecule has 0 atom stereocenters. The first-order valence-corrected chi connectivity index (χ1v) is 7.55. The number of rotatable bonds is 4. The highest BCUT2D eigenvalue weighted by molar-refractivity contribution is 9.10. The zero-order valence-electron chi connectivity index (χ0n) is 10.4. The second-order valence-electron chi connectivity index (χ2n) is 3.94. The molecule has 2 aromatic rings. The zero-order chi connectivity index (χ0) is 14.7. The van der Waals surface area contributed by atoms with Crippen LogP contribution in [0.5, 0.6) is 11.6 Å². The van der Waals surface area contributed by atoms with E-state index in [2.05, 4.69) is 26.2 Å². The summed E-state index contributed by atoms with van der Waals surface area (Å²) in [5.74, 6) is 0.838. The van der Waals surface area contributed by atoms with Gasteiger partial charge in [0.1, 0.15) is 5.75 Å². The van der Waals surface area contributed by atoms with Crippen molar-refractivity contribution in [2.45, 2.75) is 6.54 Å². The number of ether oxygens (including phenoxy) is 1. The van der Waals surface area contributed by atoms with E-state index in [-0.39, 0.29) is 0 Å². The number of pyridine rings is 1. The third-order valence-electron chi connectivity index (χ3n) is 2.47. The van der Waals surface area contributed by atoms with Crippen molar-refractivity contribution >= 4 is 50.7 Å². The van der Waals surface area contributed by atoms with Gasteiger partial charge in [-0.1, -0.05) is 34.8 Å². The number of benzene rings is 1. The van der Waals surface area contributed by atoms with Crippen molar-refractivity contribution in [1.29, 1.82) is 0 Å². The van der Waals surface area contributed by atoms with E-state index in [1.54, 1.807) is 18.2 Å². The number of halogens is 4. The van der Waals surface area contributed by atoms with Crippen LogP contribution in [0, 0.1) is 0 Å². The molecule has 0 amide bonds. The van der Waals surface area contributed by atoms with Gasteiger partial charge in [-0.05, 0) is 34.6 Å². The van der Waals surface area contributed by atoms with Crippen molar-refractivity contribution in [1.82, 2.24) is 10.3 Å². The number of aromatic nitrogens is 1. The second-order valence-corrected chi connectivity index (χ2v) is 6.02. The van der Waals surface area contributed by atoms with Gasteiger partial charge in [0, 0.05) is 29.3 Å². The van der Waals surface area contributed by atoms with Gasteiger partial charge in [-0.2, -0.15) is 0 Å². The maximum absolute atomic E-state index is 6.10. The Kier molecular flexibility index (Phi) is 5.52. The normalized spacial score (nSPS) is 10.7. The maximum Gasteiger partial charge on any atom is 0.219 e. The second kappa shape index (κ2) is 6.96. The lowest BCUT2D eigenvalue weighted by Crippen LogP contribution is -2.06. The van der Waals surface area contributed by atoms with Gasteiger partial charge in [-0.25, -0.2) is 4.98 Å². The fraction of sp³-hybridized carbons (Fsp3) is 0.154. The number of nitrogens with one attached hydrogen (secondary N) is 1. The lowest BCUT2D eigenvalue weighted by molar-refractivity contribution is 0.462. The predicted octanol–water partition coefficient (Wildman–Crippen LogP) is 5.32. The number of hydrogen-bond donors (Lipinski definition) is 1. The summed E-state index contributed by atoms with van der Waals surface area (Å²) in [6.45, 7) is 0.618. The minimum atomic E-state index is 0.403. The monoisotopic (exact) mass is 394 g/mol. The summed E-state index contributed by atoms with van der Waals surface area (Å²) in [6, 6.07) is 5.05. The lowest BCUT2D eigenvalue weighted by atomic mass is 10.2. The molecular weight excluding hydrogens is 386 g/mol. The highest BCUT2D eigenvalue weighted by Crippen LogP contribution is 2.36. The van der Waals surface area contributed by atoms with Crippen LogP contribution in [0.1, 0.15) is 5.56 Å². The first-order valence-electron chi connectivity index (χ1n) is 5.62. The van der Waals surface area contributed by atoms with E-state index in [1.165, 1.54) is 6.20 Å². The standard InChI is InChI=1S/C13H10BrCl3N2O/c1-18-5-7-2-13(19-6-11(7)17)20-12-4-9(15)8(14)3-10(12)16/h2-4,6,18H,5H2,1H3. The minimum Gasteiger partial charge on any atom is -0.437 e. The van der Waals surface area contributed by atoms with Crippen LogP contribution in [0.15, 0.2) is 28.9 Å². The average Bonchev–Trinajstić information content (AvgIpc) is 2.40. The fourth-order valence-electron chi connectivity index (χ4n) is 1.54. The van der Waals surface area contributed by atoms with Gasteiger partial charge < -0.3 is 10.1 Å². The van der Waals surface area contributed by atoms with Crippen molar-refractivity contribution in [3.8, 4) is 11.6 Å². The lowest BCUT2D eigenvalue weighted by Gasteiger charge is -2.10.